The van der Waals surface area contributed by atoms with Crippen molar-refractivity contribution in [2.75, 3.05) is 5.75 Å². The van der Waals surface area contributed by atoms with E-state index in [1.165, 1.54) is 64.2 Å². The molecule has 0 N–H and O–H groups in total. The van der Waals surface area contributed by atoms with Gasteiger partial charge >= 0.3 is 0 Å². The van der Waals surface area contributed by atoms with Crippen LogP contribution in [-0.4, -0.2) is 16.8 Å². The van der Waals surface area contributed by atoms with Crippen molar-refractivity contribution >= 4 is 17.5 Å². The third-order valence-corrected chi connectivity index (χ3v) is 5.53. The van der Waals surface area contributed by atoms with Crippen LogP contribution in [0.5, 0.6) is 0 Å². The number of hydrogen-bond donors (Lipinski definition) is 0. The van der Waals surface area contributed by atoms with Gasteiger partial charge in [0, 0.05) is 5.56 Å². The Morgan fingerprint density at radius 2 is 1.39 bits per heavy atom. The highest BCUT2D eigenvalue weighted by Gasteiger charge is 2.14. The fourth-order valence-corrected chi connectivity index (χ4v) is 3.77. The van der Waals surface area contributed by atoms with Crippen molar-refractivity contribution in [2.45, 2.75) is 83.3 Å². The largest absolute Gasteiger partial charge is 0.293 e. The molecule has 1 aromatic carbocycles. The molecule has 0 aliphatic rings. The second-order valence-electron chi connectivity index (χ2n) is 6.43. The van der Waals surface area contributed by atoms with Crippen molar-refractivity contribution in [1.29, 1.82) is 0 Å². The molecule has 0 heterocycles. The van der Waals surface area contributed by atoms with Crippen LogP contribution < -0.4 is 0 Å². The number of benzene rings is 1. The lowest BCUT2D eigenvalue weighted by Crippen LogP contribution is -2.13. The second kappa shape index (κ2) is 13.7. The lowest BCUT2D eigenvalue weighted by atomic mass is 10.1. The number of Topliss-reactive ketones (excluding diaryl/α,β-unsaturated/α-hetero) is 1. The molecule has 0 aliphatic heterocycles. The summed E-state index contributed by atoms with van der Waals surface area (Å²) in [6, 6.07) is 9.66. The summed E-state index contributed by atoms with van der Waals surface area (Å²) in [5.74, 6) is 1.37. The summed E-state index contributed by atoms with van der Waals surface area (Å²) in [6.45, 7) is 4.31. The lowest BCUT2D eigenvalue weighted by Gasteiger charge is -2.10. The van der Waals surface area contributed by atoms with Gasteiger partial charge < -0.3 is 0 Å². The van der Waals surface area contributed by atoms with Crippen LogP contribution in [0.15, 0.2) is 30.3 Å². The first-order valence-electron chi connectivity index (χ1n) is 9.46. The van der Waals surface area contributed by atoms with E-state index in [9.17, 15) is 4.79 Å². The zero-order valence-electron chi connectivity index (χ0n) is 15.1. The Labute approximate surface area is 147 Å². The molecular weight excluding hydrogens is 300 g/mol. The van der Waals surface area contributed by atoms with Gasteiger partial charge in [0.25, 0.3) is 0 Å². The average Bonchev–Trinajstić information content (AvgIpc) is 2.59. The fraction of sp³-hybridized carbons (Fsp3) is 0.667. The molecule has 0 saturated heterocycles. The van der Waals surface area contributed by atoms with E-state index >= 15 is 0 Å². The Morgan fingerprint density at radius 1 is 0.870 bits per heavy atom. The molecule has 0 saturated carbocycles. The number of unbranched alkanes of at least 4 members (excludes halogenated alkanes) is 9. The van der Waals surface area contributed by atoms with Gasteiger partial charge in [0.2, 0.25) is 0 Å². The zero-order valence-corrected chi connectivity index (χ0v) is 15.9. The van der Waals surface area contributed by atoms with E-state index < -0.39 is 0 Å². The molecule has 1 aromatic rings. The van der Waals surface area contributed by atoms with E-state index in [0.717, 1.165) is 11.3 Å². The first kappa shape index (κ1) is 20.3. The van der Waals surface area contributed by atoms with Crippen molar-refractivity contribution < 1.29 is 4.79 Å². The SMILES string of the molecule is CCCCCCCCCCCCSC(C)C(=O)c1ccccc1. The van der Waals surface area contributed by atoms with Gasteiger partial charge in [-0.05, 0) is 19.1 Å². The van der Waals surface area contributed by atoms with Gasteiger partial charge in [-0.2, -0.15) is 11.8 Å². The predicted octanol–water partition coefficient (Wildman–Crippen LogP) is 6.91. The normalized spacial score (nSPS) is 12.3. The van der Waals surface area contributed by atoms with Crippen molar-refractivity contribution in [3.05, 3.63) is 35.9 Å². The van der Waals surface area contributed by atoms with Gasteiger partial charge in [0.1, 0.15) is 0 Å². The number of rotatable bonds is 14. The van der Waals surface area contributed by atoms with Crippen LogP contribution in [-0.2, 0) is 0 Å². The maximum absolute atomic E-state index is 12.2. The third kappa shape index (κ3) is 9.86. The van der Waals surface area contributed by atoms with Gasteiger partial charge in [-0.3, -0.25) is 4.79 Å². The molecule has 0 aromatic heterocycles. The predicted molar refractivity (Wildman–Crippen MR) is 105 cm³/mol. The highest BCUT2D eigenvalue weighted by molar-refractivity contribution is 8.00. The number of carbonyl (C=O) groups excluding carboxylic acids is 1. The van der Waals surface area contributed by atoms with Crippen molar-refractivity contribution in [2.24, 2.45) is 0 Å². The number of thioether (sulfide) groups is 1. The Kier molecular flexibility index (Phi) is 12.0. The molecule has 1 nitrogen and oxygen atoms in total. The van der Waals surface area contributed by atoms with Crippen LogP contribution in [0.1, 0.15) is 88.4 Å². The number of hydrogen-bond acceptors (Lipinski definition) is 2. The summed E-state index contributed by atoms with van der Waals surface area (Å²) >= 11 is 1.81. The van der Waals surface area contributed by atoms with E-state index in [1.807, 2.05) is 49.0 Å². The van der Waals surface area contributed by atoms with Crippen LogP contribution in [0.2, 0.25) is 0 Å². The third-order valence-electron chi connectivity index (χ3n) is 4.29. The van der Waals surface area contributed by atoms with Gasteiger partial charge in [0.05, 0.1) is 5.25 Å². The van der Waals surface area contributed by atoms with Crippen LogP contribution in [0, 0.1) is 0 Å². The quantitative estimate of drug-likeness (QED) is 0.271. The van der Waals surface area contributed by atoms with Gasteiger partial charge in [-0.25, -0.2) is 0 Å². The maximum Gasteiger partial charge on any atom is 0.175 e. The van der Waals surface area contributed by atoms with Crippen LogP contribution in [0.3, 0.4) is 0 Å². The minimum Gasteiger partial charge on any atom is -0.293 e. The topological polar surface area (TPSA) is 17.1 Å². The van der Waals surface area contributed by atoms with Crippen molar-refractivity contribution in [1.82, 2.24) is 0 Å². The number of ketones is 1. The molecule has 1 rings (SSSR count). The van der Waals surface area contributed by atoms with E-state index in [-0.39, 0.29) is 11.0 Å². The molecule has 1 atom stereocenters. The molecular formula is C21H34OS. The van der Waals surface area contributed by atoms with Crippen LogP contribution >= 0.6 is 11.8 Å². The summed E-state index contributed by atoms with van der Waals surface area (Å²) in [7, 11) is 0. The molecule has 2 heteroatoms. The standard InChI is InChI=1S/C21H34OS/c1-3-4-5-6-7-8-9-10-11-15-18-23-19(2)21(22)20-16-13-12-14-17-20/h12-14,16-17,19H,3-11,15,18H2,1-2H3. The minimum absolute atomic E-state index is 0.0796. The van der Waals surface area contributed by atoms with Crippen LogP contribution in [0.4, 0.5) is 0 Å². The van der Waals surface area contributed by atoms with Gasteiger partial charge in [0.15, 0.2) is 5.78 Å². The highest BCUT2D eigenvalue weighted by atomic mass is 32.2. The van der Waals surface area contributed by atoms with E-state index in [0.29, 0.717) is 0 Å². The summed E-state index contributed by atoms with van der Waals surface area (Å²) in [6.07, 6.45) is 13.7. The Morgan fingerprint density at radius 3 is 1.96 bits per heavy atom. The number of carbonyl (C=O) groups is 1. The summed E-state index contributed by atoms with van der Waals surface area (Å²) in [4.78, 5) is 12.2. The zero-order chi connectivity index (χ0) is 16.8. The van der Waals surface area contributed by atoms with Crippen LogP contribution in [0.25, 0.3) is 0 Å². The highest BCUT2D eigenvalue weighted by Crippen LogP contribution is 2.19. The molecule has 23 heavy (non-hydrogen) atoms. The van der Waals surface area contributed by atoms with E-state index in [4.69, 9.17) is 0 Å². The Bertz CT molecular complexity index is 402. The van der Waals surface area contributed by atoms with Gasteiger partial charge in [-0.15, -0.1) is 0 Å². The lowest BCUT2D eigenvalue weighted by molar-refractivity contribution is 0.0994. The summed E-state index contributed by atoms with van der Waals surface area (Å²) in [5.41, 5.74) is 0.843. The molecule has 0 bridgehead atoms. The Balaban J connectivity index is 1.95. The molecule has 0 fully saturated rings. The van der Waals surface area contributed by atoms with E-state index in [1.54, 1.807) is 0 Å². The second-order valence-corrected chi connectivity index (χ2v) is 7.87. The Hall–Kier alpha value is -0.760. The average molecular weight is 335 g/mol. The smallest absolute Gasteiger partial charge is 0.175 e. The molecule has 130 valence electrons. The molecule has 0 radical (unpaired) electrons. The molecule has 0 aliphatic carbocycles. The molecule has 1 unspecified atom stereocenters. The fourth-order valence-electron chi connectivity index (χ4n) is 2.76. The van der Waals surface area contributed by atoms with Crippen molar-refractivity contribution in [3.8, 4) is 0 Å². The molecule has 0 spiro atoms. The first-order chi connectivity index (χ1) is 11.3. The summed E-state index contributed by atoms with van der Waals surface area (Å²) in [5, 5.41) is 0.0796. The van der Waals surface area contributed by atoms with Gasteiger partial charge in [-0.1, -0.05) is 95.0 Å². The maximum atomic E-state index is 12.2. The summed E-state index contributed by atoms with van der Waals surface area (Å²) < 4.78 is 0. The van der Waals surface area contributed by atoms with E-state index in [2.05, 4.69) is 6.92 Å². The minimum atomic E-state index is 0.0796. The molecule has 0 amide bonds. The van der Waals surface area contributed by atoms with Crippen molar-refractivity contribution in [3.63, 3.8) is 0 Å². The monoisotopic (exact) mass is 334 g/mol. The first-order valence-corrected chi connectivity index (χ1v) is 10.5.